The third kappa shape index (κ3) is 8.92. The summed E-state index contributed by atoms with van der Waals surface area (Å²) in [5, 5.41) is 3.54. The van der Waals surface area contributed by atoms with Crippen LogP contribution in [0.15, 0.2) is 89.8 Å². The molecule has 3 rings (SSSR count). The van der Waals surface area contributed by atoms with Crippen LogP contribution in [0.5, 0.6) is 0 Å². The van der Waals surface area contributed by atoms with E-state index in [0.717, 1.165) is 17.5 Å². The van der Waals surface area contributed by atoms with Crippen molar-refractivity contribution in [3.8, 4) is 0 Å². The molecule has 2 amide bonds. The van der Waals surface area contributed by atoms with Gasteiger partial charge in [-0.25, -0.2) is 12.7 Å². The molecular weight excluding hydrogens is 534 g/mol. The van der Waals surface area contributed by atoms with Crippen LogP contribution in [0.2, 0.25) is 5.02 Å². The zero-order valence-electron chi connectivity index (χ0n) is 22.4. The van der Waals surface area contributed by atoms with Gasteiger partial charge in [-0.05, 0) is 48.2 Å². The molecule has 0 aromatic heterocycles. The van der Waals surface area contributed by atoms with E-state index < -0.39 is 16.1 Å². The van der Waals surface area contributed by atoms with Gasteiger partial charge in [0.25, 0.3) is 0 Å². The lowest BCUT2D eigenvalue weighted by Gasteiger charge is -2.32. The summed E-state index contributed by atoms with van der Waals surface area (Å²) in [6.07, 6.45) is 1.54. The lowest BCUT2D eigenvalue weighted by molar-refractivity contribution is -0.141. The summed E-state index contributed by atoms with van der Waals surface area (Å²) in [5.41, 5.74) is 1.79. The minimum absolute atomic E-state index is 0.0919. The maximum absolute atomic E-state index is 13.7. The Morgan fingerprint density at radius 2 is 1.51 bits per heavy atom. The van der Waals surface area contributed by atoms with Gasteiger partial charge >= 0.3 is 0 Å². The van der Waals surface area contributed by atoms with Crippen molar-refractivity contribution in [2.45, 2.75) is 50.1 Å². The number of carbonyl (C=O) groups is 2. The zero-order chi connectivity index (χ0) is 28.3. The SMILES string of the molecule is CCCNC(=O)[C@@H](Cc1ccccc1)N(Cc1ccc(Cl)cc1)C(=O)CCCN(C)S(=O)(=O)c1ccccc1. The van der Waals surface area contributed by atoms with Gasteiger partial charge in [-0.3, -0.25) is 9.59 Å². The Morgan fingerprint density at radius 3 is 2.13 bits per heavy atom. The first-order valence-electron chi connectivity index (χ1n) is 13.1. The number of benzene rings is 3. The minimum Gasteiger partial charge on any atom is -0.354 e. The maximum Gasteiger partial charge on any atom is 0.243 e. The van der Waals surface area contributed by atoms with E-state index in [4.69, 9.17) is 11.6 Å². The fourth-order valence-electron chi connectivity index (χ4n) is 4.20. The van der Waals surface area contributed by atoms with Crippen LogP contribution < -0.4 is 5.32 Å². The maximum atomic E-state index is 13.7. The average molecular weight is 570 g/mol. The average Bonchev–Trinajstić information content (AvgIpc) is 2.95. The Morgan fingerprint density at radius 1 is 0.897 bits per heavy atom. The molecule has 0 saturated heterocycles. The Balaban J connectivity index is 1.80. The van der Waals surface area contributed by atoms with Crippen molar-refractivity contribution in [2.24, 2.45) is 0 Å². The number of amides is 2. The van der Waals surface area contributed by atoms with E-state index in [1.54, 1.807) is 47.4 Å². The molecule has 0 unspecified atom stereocenters. The van der Waals surface area contributed by atoms with Crippen LogP contribution in [0.25, 0.3) is 0 Å². The molecule has 0 fully saturated rings. The van der Waals surface area contributed by atoms with Gasteiger partial charge in [0.1, 0.15) is 6.04 Å². The highest BCUT2D eigenvalue weighted by atomic mass is 35.5. The molecule has 0 aliphatic rings. The fraction of sp³-hybridized carbons (Fsp3) is 0.333. The largest absolute Gasteiger partial charge is 0.354 e. The van der Waals surface area contributed by atoms with Crippen LogP contribution in [0, 0.1) is 0 Å². The molecule has 9 heteroatoms. The number of rotatable bonds is 14. The summed E-state index contributed by atoms with van der Waals surface area (Å²) in [5.74, 6) is -0.435. The predicted molar refractivity (Wildman–Crippen MR) is 155 cm³/mol. The van der Waals surface area contributed by atoms with Gasteiger partial charge < -0.3 is 10.2 Å². The van der Waals surface area contributed by atoms with Crippen molar-refractivity contribution < 1.29 is 18.0 Å². The molecule has 0 bridgehead atoms. The topological polar surface area (TPSA) is 86.8 Å². The smallest absolute Gasteiger partial charge is 0.243 e. The van der Waals surface area contributed by atoms with Crippen molar-refractivity contribution in [1.29, 1.82) is 0 Å². The van der Waals surface area contributed by atoms with E-state index in [1.807, 2.05) is 49.4 Å². The third-order valence-corrected chi connectivity index (χ3v) is 8.52. The van der Waals surface area contributed by atoms with Crippen LogP contribution in [0.3, 0.4) is 0 Å². The summed E-state index contributed by atoms with van der Waals surface area (Å²) >= 11 is 6.07. The first kappa shape index (κ1) is 30.3. The number of carbonyl (C=O) groups excluding carboxylic acids is 2. The van der Waals surface area contributed by atoms with Crippen molar-refractivity contribution in [1.82, 2.24) is 14.5 Å². The molecule has 0 radical (unpaired) electrons. The van der Waals surface area contributed by atoms with Gasteiger partial charge in [-0.2, -0.15) is 0 Å². The molecule has 208 valence electrons. The zero-order valence-corrected chi connectivity index (χ0v) is 24.0. The lowest BCUT2D eigenvalue weighted by atomic mass is 10.0. The van der Waals surface area contributed by atoms with Crippen LogP contribution in [-0.2, 0) is 32.6 Å². The molecule has 0 spiro atoms. The standard InChI is InChI=1S/C30H36ClN3O4S/c1-3-20-32-30(36)28(22-24-11-6-4-7-12-24)34(23-25-16-18-26(31)19-17-25)29(35)15-10-21-33(2)39(37,38)27-13-8-5-9-14-27/h4-9,11-14,16-19,28H,3,10,15,20-23H2,1-2H3,(H,32,36)/t28-/m1/s1. The number of sulfonamides is 1. The van der Waals surface area contributed by atoms with E-state index in [1.165, 1.54) is 11.4 Å². The molecule has 1 atom stereocenters. The number of halogens is 1. The van der Waals surface area contributed by atoms with Crippen LogP contribution >= 0.6 is 11.6 Å². The Hall–Kier alpha value is -3.20. The second-order valence-electron chi connectivity index (χ2n) is 9.39. The van der Waals surface area contributed by atoms with E-state index in [9.17, 15) is 18.0 Å². The molecule has 0 saturated carbocycles. The molecule has 0 heterocycles. The second-order valence-corrected chi connectivity index (χ2v) is 11.9. The van der Waals surface area contributed by atoms with Gasteiger partial charge in [0, 0.05) is 44.5 Å². The highest BCUT2D eigenvalue weighted by Crippen LogP contribution is 2.19. The second kappa shape index (κ2) is 14.8. The van der Waals surface area contributed by atoms with Gasteiger partial charge in [0.05, 0.1) is 4.90 Å². The van der Waals surface area contributed by atoms with Crippen LogP contribution in [0.1, 0.15) is 37.3 Å². The lowest BCUT2D eigenvalue weighted by Crippen LogP contribution is -2.50. The van der Waals surface area contributed by atoms with E-state index >= 15 is 0 Å². The summed E-state index contributed by atoms with van der Waals surface area (Å²) in [6.45, 7) is 2.88. The molecule has 39 heavy (non-hydrogen) atoms. The molecule has 3 aromatic carbocycles. The summed E-state index contributed by atoms with van der Waals surface area (Å²) < 4.78 is 27.0. The quantitative estimate of drug-likeness (QED) is 0.299. The highest BCUT2D eigenvalue weighted by molar-refractivity contribution is 7.89. The van der Waals surface area contributed by atoms with Gasteiger partial charge in [0.2, 0.25) is 21.8 Å². The number of nitrogens with zero attached hydrogens (tertiary/aromatic N) is 2. The normalized spacial score (nSPS) is 12.2. The van der Waals surface area contributed by atoms with Crippen molar-refractivity contribution >= 4 is 33.4 Å². The van der Waals surface area contributed by atoms with Crippen LogP contribution in [-0.4, -0.2) is 55.6 Å². The molecule has 7 nitrogen and oxygen atoms in total. The van der Waals surface area contributed by atoms with E-state index in [2.05, 4.69) is 5.32 Å². The monoisotopic (exact) mass is 569 g/mol. The fourth-order valence-corrected chi connectivity index (χ4v) is 5.55. The molecular formula is C30H36ClN3O4S. The summed E-state index contributed by atoms with van der Waals surface area (Å²) in [4.78, 5) is 28.8. The molecule has 0 aliphatic heterocycles. The minimum atomic E-state index is -3.66. The molecule has 0 aliphatic carbocycles. The number of nitrogens with one attached hydrogen (secondary N) is 1. The van der Waals surface area contributed by atoms with Crippen molar-refractivity contribution in [3.05, 3.63) is 101 Å². The first-order chi connectivity index (χ1) is 18.7. The number of hydrogen-bond donors (Lipinski definition) is 1. The van der Waals surface area contributed by atoms with Crippen molar-refractivity contribution in [2.75, 3.05) is 20.1 Å². The number of hydrogen-bond acceptors (Lipinski definition) is 4. The van der Waals surface area contributed by atoms with Gasteiger partial charge in [0.15, 0.2) is 0 Å². The summed E-state index contributed by atoms with van der Waals surface area (Å²) in [6, 6.07) is 24.3. The highest BCUT2D eigenvalue weighted by Gasteiger charge is 2.30. The first-order valence-corrected chi connectivity index (χ1v) is 14.9. The summed E-state index contributed by atoms with van der Waals surface area (Å²) in [7, 11) is -2.15. The van der Waals surface area contributed by atoms with E-state index in [0.29, 0.717) is 24.4 Å². The third-order valence-electron chi connectivity index (χ3n) is 6.40. The van der Waals surface area contributed by atoms with Crippen LogP contribution in [0.4, 0.5) is 0 Å². The van der Waals surface area contributed by atoms with Crippen molar-refractivity contribution in [3.63, 3.8) is 0 Å². The Kier molecular flexibility index (Phi) is 11.5. The Bertz CT molecular complexity index is 1300. The Labute approximate surface area is 236 Å². The van der Waals surface area contributed by atoms with E-state index in [-0.39, 0.29) is 36.2 Å². The predicted octanol–water partition coefficient (Wildman–Crippen LogP) is 4.91. The molecule has 3 aromatic rings. The van der Waals surface area contributed by atoms with Gasteiger partial charge in [-0.15, -0.1) is 0 Å². The van der Waals surface area contributed by atoms with Gasteiger partial charge in [-0.1, -0.05) is 79.2 Å². The molecule has 1 N–H and O–H groups in total.